The summed E-state index contributed by atoms with van der Waals surface area (Å²) in [4.78, 5) is 17.6. The van der Waals surface area contributed by atoms with Gasteiger partial charge in [0.2, 0.25) is 5.91 Å². The molecule has 0 unspecified atom stereocenters. The SMILES string of the molecule is COc1cccc(-c2nc(C)c(-c3ccc(SCC(=O)Nc4ccc(F)cc4F)nn3)s2)c1. The molecule has 6 nitrogen and oxygen atoms in total. The molecular weight excluding hydrogens is 466 g/mol. The molecule has 0 aliphatic carbocycles. The summed E-state index contributed by atoms with van der Waals surface area (Å²) in [5.41, 5.74) is 2.41. The molecule has 0 aliphatic heterocycles. The number of halogens is 2. The molecule has 0 saturated carbocycles. The average molecular weight is 485 g/mol. The maximum absolute atomic E-state index is 13.7. The number of nitrogens with zero attached hydrogens (tertiary/aromatic N) is 3. The van der Waals surface area contributed by atoms with E-state index in [-0.39, 0.29) is 11.4 Å². The molecule has 0 aliphatic rings. The summed E-state index contributed by atoms with van der Waals surface area (Å²) in [6, 6.07) is 14.3. The van der Waals surface area contributed by atoms with Crippen molar-refractivity contribution in [3.8, 4) is 26.9 Å². The fourth-order valence-corrected chi connectivity index (χ4v) is 4.59. The van der Waals surface area contributed by atoms with Gasteiger partial charge in [-0.1, -0.05) is 23.9 Å². The van der Waals surface area contributed by atoms with Gasteiger partial charge in [-0.3, -0.25) is 4.79 Å². The van der Waals surface area contributed by atoms with Gasteiger partial charge >= 0.3 is 0 Å². The molecule has 0 radical (unpaired) electrons. The Morgan fingerprint density at radius 1 is 1.12 bits per heavy atom. The van der Waals surface area contributed by atoms with E-state index >= 15 is 0 Å². The second kappa shape index (κ2) is 10.1. The zero-order valence-corrected chi connectivity index (χ0v) is 19.3. The van der Waals surface area contributed by atoms with Gasteiger partial charge in [-0.25, -0.2) is 13.8 Å². The third kappa shape index (κ3) is 5.52. The highest BCUT2D eigenvalue weighted by Gasteiger charge is 2.14. The van der Waals surface area contributed by atoms with Gasteiger partial charge in [0.1, 0.15) is 33.1 Å². The Bertz CT molecular complexity index is 1300. The zero-order valence-electron chi connectivity index (χ0n) is 17.6. The largest absolute Gasteiger partial charge is 0.497 e. The number of hydrogen-bond acceptors (Lipinski definition) is 7. The molecule has 4 aromatic rings. The van der Waals surface area contributed by atoms with E-state index in [1.165, 1.54) is 17.4 Å². The number of carbonyl (C=O) groups is 1. The maximum Gasteiger partial charge on any atom is 0.234 e. The Morgan fingerprint density at radius 3 is 2.70 bits per heavy atom. The molecule has 0 saturated heterocycles. The highest BCUT2D eigenvalue weighted by molar-refractivity contribution is 7.99. The number of aromatic nitrogens is 3. The number of thioether (sulfide) groups is 1. The quantitative estimate of drug-likeness (QED) is 0.345. The van der Waals surface area contributed by atoms with Gasteiger partial charge in [-0.05, 0) is 43.3 Å². The van der Waals surface area contributed by atoms with Crippen molar-refractivity contribution in [2.75, 3.05) is 18.2 Å². The highest BCUT2D eigenvalue weighted by atomic mass is 32.2. The molecule has 2 heterocycles. The van der Waals surface area contributed by atoms with Gasteiger partial charge in [-0.15, -0.1) is 21.5 Å². The van der Waals surface area contributed by atoms with Gasteiger partial charge < -0.3 is 10.1 Å². The number of anilines is 1. The number of carbonyl (C=O) groups excluding carboxylic acids is 1. The molecule has 0 spiro atoms. The first-order valence-electron chi connectivity index (χ1n) is 9.76. The summed E-state index contributed by atoms with van der Waals surface area (Å²) in [6.45, 7) is 1.92. The standard InChI is InChI=1S/C23H18F2N4O2S2/c1-13-22(33-23(26-13)14-4-3-5-16(10-14)31-2)19-8-9-21(29-28-19)32-12-20(30)27-18-7-6-15(24)11-17(18)25/h3-11H,12H2,1-2H3,(H,27,30). The van der Waals surface area contributed by atoms with E-state index in [9.17, 15) is 13.6 Å². The Balaban J connectivity index is 1.41. The zero-order chi connectivity index (χ0) is 23.4. The van der Waals surface area contributed by atoms with Gasteiger partial charge in [0, 0.05) is 11.6 Å². The van der Waals surface area contributed by atoms with Crippen LogP contribution in [0.25, 0.3) is 21.1 Å². The van der Waals surface area contributed by atoms with Crippen LogP contribution >= 0.6 is 23.1 Å². The number of nitrogens with one attached hydrogen (secondary N) is 1. The van der Waals surface area contributed by atoms with Crippen LogP contribution in [0.1, 0.15) is 5.69 Å². The second-order valence-electron chi connectivity index (χ2n) is 6.88. The minimum Gasteiger partial charge on any atom is -0.497 e. The van der Waals surface area contributed by atoms with Gasteiger partial charge in [-0.2, -0.15) is 0 Å². The highest BCUT2D eigenvalue weighted by Crippen LogP contribution is 2.35. The van der Waals surface area contributed by atoms with Crippen molar-refractivity contribution in [3.05, 3.63) is 71.9 Å². The lowest BCUT2D eigenvalue weighted by molar-refractivity contribution is -0.113. The molecule has 0 bridgehead atoms. The molecule has 2 aromatic heterocycles. The Labute approximate surface area is 197 Å². The molecule has 2 aromatic carbocycles. The predicted molar refractivity (Wildman–Crippen MR) is 126 cm³/mol. The van der Waals surface area contributed by atoms with E-state index in [0.29, 0.717) is 16.8 Å². The number of benzene rings is 2. The van der Waals surface area contributed by atoms with Crippen molar-refractivity contribution >= 4 is 34.7 Å². The minimum atomic E-state index is -0.828. The number of aryl methyl sites for hydroxylation is 1. The third-order valence-corrected chi connectivity index (χ3v) is 6.69. The van der Waals surface area contributed by atoms with E-state index in [4.69, 9.17) is 4.74 Å². The van der Waals surface area contributed by atoms with Crippen molar-refractivity contribution in [2.24, 2.45) is 0 Å². The normalized spacial score (nSPS) is 10.8. The van der Waals surface area contributed by atoms with Crippen molar-refractivity contribution in [3.63, 3.8) is 0 Å². The summed E-state index contributed by atoms with van der Waals surface area (Å²) < 4.78 is 31.9. The second-order valence-corrected chi connectivity index (χ2v) is 8.88. The summed E-state index contributed by atoms with van der Waals surface area (Å²) in [7, 11) is 1.62. The summed E-state index contributed by atoms with van der Waals surface area (Å²) in [5, 5.41) is 12.3. The monoisotopic (exact) mass is 484 g/mol. The number of hydrogen-bond donors (Lipinski definition) is 1. The topological polar surface area (TPSA) is 77.0 Å². The molecule has 168 valence electrons. The molecular formula is C23H18F2N4O2S2. The molecule has 10 heteroatoms. The van der Waals surface area contributed by atoms with Gasteiger partial charge in [0.25, 0.3) is 0 Å². The molecule has 0 atom stereocenters. The lowest BCUT2D eigenvalue weighted by Crippen LogP contribution is -2.15. The number of thiazole rings is 1. The van der Waals surface area contributed by atoms with Crippen LogP contribution in [0, 0.1) is 18.6 Å². The number of methoxy groups -OCH3 is 1. The number of ether oxygens (including phenoxy) is 1. The van der Waals surface area contributed by atoms with Crippen molar-refractivity contribution in [1.82, 2.24) is 15.2 Å². The van der Waals surface area contributed by atoms with Crippen LogP contribution in [0.4, 0.5) is 14.5 Å². The Kier molecular flexibility index (Phi) is 6.95. The van der Waals surface area contributed by atoms with Crippen molar-refractivity contribution in [2.45, 2.75) is 11.9 Å². The van der Waals surface area contributed by atoms with Crippen molar-refractivity contribution in [1.29, 1.82) is 0 Å². The average Bonchev–Trinajstić information content (AvgIpc) is 3.21. The van der Waals surface area contributed by atoms with Crippen LogP contribution < -0.4 is 10.1 Å². The van der Waals surface area contributed by atoms with Crippen LogP contribution in [0.5, 0.6) is 5.75 Å². The lowest BCUT2D eigenvalue weighted by atomic mass is 10.2. The van der Waals surface area contributed by atoms with Crippen LogP contribution in [-0.2, 0) is 4.79 Å². The van der Waals surface area contributed by atoms with E-state index in [2.05, 4.69) is 20.5 Å². The fraction of sp³-hybridized carbons (Fsp3) is 0.130. The number of amides is 1. The first kappa shape index (κ1) is 22.8. The molecule has 0 fully saturated rings. The Hall–Kier alpha value is -3.37. The summed E-state index contributed by atoms with van der Waals surface area (Å²) in [6.07, 6.45) is 0. The van der Waals surface area contributed by atoms with Gasteiger partial charge in [0.15, 0.2) is 0 Å². The van der Waals surface area contributed by atoms with Crippen LogP contribution in [-0.4, -0.2) is 34.0 Å². The fourth-order valence-electron chi connectivity index (χ4n) is 2.95. The van der Waals surface area contributed by atoms with Crippen LogP contribution in [0.15, 0.2) is 59.6 Å². The van der Waals surface area contributed by atoms with E-state index in [1.807, 2.05) is 37.3 Å². The van der Waals surface area contributed by atoms with Crippen LogP contribution in [0.3, 0.4) is 0 Å². The first-order valence-corrected chi connectivity index (χ1v) is 11.6. The van der Waals surface area contributed by atoms with Gasteiger partial charge in [0.05, 0.1) is 29.1 Å². The third-order valence-electron chi connectivity index (χ3n) is 4.54. The number of rotatable bonds is 7. The summed E-state index contributed by atoms with van der Waals surface area (Å²) >= 11 is 2.67. The smallest absolute Gasteiger partial charge is 0.234 e. The van der Waals surface area contributed by atoms with E-state index in [1.54, 1.807) is 13.2 Å². The minimum absolute atomic E-state index is 0.00438. The first-order chi connectivity index (χ1) is 15.9. The molecule has 33 heavy (non-hydrogen) atoms. The lowest BCUT2D eigenvalue weighted by Gasteiger charge is -2.06. The van der Waals surface area contributed by atoms with Crippen LogP contribution in [0.2, 0.25) is 0 Å². The molecule has 1 amide bonds. The maximum atomic E-state index is 13.7. The van der Waals surface area contributed by atoms with E-state index in [0.717, 1.165) is 44.7 Å². The summed E-state index contributed by atoms with van der Waals surface area (Å²) in [5.74, 6) is -1.20. The Morgan fingerprint density at radius 2 is 1.97 bits per heavy atom. The predicted octanol–water partition coefficient (Wildman–Crippen LogP) is 5.59. The molecule has 1 N–H and O–H groups in total. The van der Waals surface area contributed by atoms with E-state index < -0.39 is 17.5 Å². The molecule has 4 rings (SSSR count). The van der Waals surface area contributed by atoms with Crippen molar-refractivity contribution < 1.29 is 18.3 Å².